The molecule has 2 aromatic rings. The van der Waals surface area contributed by atoms with Crippen molar-refractivity contribution in [1.29, 1.82) is 0 Å². The number of benzene rings is 1. The standard InChI is InChI=1S/C12H7Cl4NO/c1-6-4-7(13)2-3-10(6)18-12-9(15)5-8(14)11(16)17-12/h2-5H,1H3. The Morgan fingerprint density at radius 1 is 1.00 bits per heavy atom. The molecule has 0 aliphatic heterocycles. The minimum absolute atomic E-state index is 0.141. The van der Waals surface area contributed by atoms with Gasteiger partial charge in [-0.15, -0.1) is 0 Å². The van der Waals surface area contributed by atoms with Crippen LogP contribution in [0.15, 0.2) is 24.3 Å². The maximum absolute atomic E-state index is 5.98. The van der Waals surface area contributed by atoms with Crippen molar-refractivity contribution in [3.05, 3.63) is 50.0 Å². The lowest BCUT2D eigenvalue weighted by atomic mass is 10.2. The van der Waals surface area contributed by atoms with Gasteiger partial charge in [0.05, 0.1) is 5.02 Å². The van der Waals surface area contributed by atoms with Gasteiger partial charge in [0, 0.05) is 5.02 Å². The molecule has 0 fully saturated rings. The Bertz CT molecular complexity index is 601. The van der Waals surface area contributed by atoms with Crippen molar-refractivity contribution in [3.8, 4) is 11.6 Å². The van der Waals surface area contributed by atoms with E-state index in [-0.39, 0.29) is 16.1 Å². The molecule has 0 spiro atoms. The summed E-state index contributed by atoms with van der Waals surface area (Å²) in [6.45, 7) is 1.87. The molecular formula is C12H7Cl4NO. The molecule has 18 heavy (non-hydrogen) atoms. The zero-order valence-electron chi connectivity index (χ0n) is 9.18. The Hall–Kier alpha value is -0.670. The van der Waals surface area contributed by atoms with Gasteiger partial charge < -0.3 is 4.74 Å². The summed E-state index contributed by atoms with van der Waals surface area (Å²) >= 11 is 23.4. The summed E-state index contributed by atoms with van der Waals surface area (Å²) in [6.07, 6.45) is 0. The highest BCUT2D eigenvalue weighted by Crippen LogP contribution is 2.34. The summed E-state index contributed by atoms with van der Waals surface area (Å²) in [5.74, 6) is 0.809. The first-order valence-corrected chi connectivity index (χ1v) is 6.44. The van der Waals surface area contributed by atoms with E-state index >= 15 is 0 Å². The van der Waals surface area contributed by atoms with E-state index in [1.807, 2.05) is 6.92 Å². The highest BCUT2D eigenvalue weighted by molar-refractivity contribution is 6.42. The van der Waals surface area contributed by atoms with Gasteiger partial charge in [-0.1, -0.05) is 46.4 Å². The molecule has 0 N–H and O–H groups in total. The predicted molar refractivity (Wildman–Crippen MR) is 75.5 cm³/mol. The summed E-state index contributed by atoms with van der Waals surface area (Å²) in [5.41, 5.74) is 0.867. The van der Waals surface area contributed by atoms with E-state index < -0.39 is 0 Å². The van der Waals surface area contributed by atoms with Crippen molar-refractivity contribution in [2.75, 3.05) is 0 Å². The lowest BCUT2D eigenvalue weighted by Gasteiger charge is -2.10. The third-order valence-corrected chi connectivity index (χ3v) is 3.38. The normalized spacial score (nSPS) is 10.5. The number of nitrogens with zero attached hydrogens (tertiary/aromatic N) is 1. The molecular weight excluding hydrogens is 316 g/mol. The third-order valence-electron chi connectivity index (χ3n) is 2.20. The van der Waals surface area contributed by atoms with Crippen LogP contribution in [-0.4, -0.2) is 4.98 Å². The number of pyridine rings is 1. The second-order valence-corrected chi connectivity index (χ2v) is 5.17. The van der Waals surface area contributed by atoms with E-state index in [2.05, 4.69) is 4.98 Å². The maximum Gasteiger partial charge on any atom is 0.239 e. The lowest BCUT2D eigenvalue weighted by Crippen LogP contribution is -1.92. The van der Waals surface area contributed by atoms with Crippen LogP contribution >= 0.6 is 46.4 Å². The van der Waals surface area contributed by atoms with E-state index in [0.29, 0.717) is 15.8 Å². The zero-order chi connectivity index (χ0) is 13.3. The van der Waals surface area contributed by atoms with Gasteiger partial charge in [0.25, 0.3) is 0 Å². The molecule has 1 heterocycles. The van der Waals surface area contributed by atoms with Crippen molar-refractivity contribution in [1.82, 2.24) is 4.98 Å². The Morgan fingerprint density at radius 3 is 2.39 bits per heavy atom. The number of aryl methyl sites for hydroxylation is 1. The highest BCUT2D eigenvalue weighted by atomic mass is 35.5. The maximum atomic E-state index is 5.98. The van der Waals surface area contributed by atoms with E-state index in [1.54, 1.807) is 18.2 Å². The zero-order valence-corrected chi connectivity index (χ0v) is 12.2. The molecule has 0 aliphatic carbocycles. The third kappa shape index (κ3) is 3.01. The van der Waals surface area contributed by atoms with Crippen LogP contribution in [0.1, 0.15) is 5.56 Å². The molecule has 0 radical (unpaired) electrons. The van der Waals surface area contributed by atoms with E-state index in [0.717, 1.165) is 5.56 Å². The number of hydrogen-bond acceptors (Lipinski definition) is 2. The van der Waals surface area contributed by atoms with Crippen LogP contribution in [0, 0.1) is 6.92 Å². The number of aromatic nitrogens is 1. The molecule has 0 saturated carbocycles. The summed E-state index contributed by atoms with van der Waals surface area (Å²) in [7, 11) is 0. The van der Waals surface area contributed by atoms with Crippen LogP contribution in [-0.2, 0) is 0 Å². The number of halogens is 4. The van der Waals surface area contributed by atoms with Gasteiger partial charge >= 0.3 is 0 Å². The van der Waals surface area contributed by atoms with Gasteiger partial charge in [-0.3, -0.25) is 0 Å². The van der Waals surface area contributed by atoms with Gasteiger partial charge in [0.2, 0.25) is 5.88 Å². The minimum atomic E-state index is 0.141. The number of hydrogen-bond donors (Lipinski definition) is 0. The molecule has 2 rings (SSSR count). The van der Waals surface area contributed by atoms with Crippen molar-refractivity contribution in [2.45, 2.75) is 6.92 Å². The lowest BCUT2D eigenvalue weighted by molar-refractivity contribution is 0.460. The van der Waals surface area contributed by atoms with Gasteiger partial charge in [-0.2, -0.15) is 4.98 Å². The van der Waals surface area contributed by atoms with Gasteiger partial charge in [-0.05, 0) is 36.8 Å². The van der Waals surface area contributed by atoms with Crippen LogP contribution in [0.2, 0.25) is 20.2 Å². The Balaban J connectivity index is 2.37. The summed E-state index contributed by atoms with van der Waals surface area (Å²) in [5, 5.41) is 1.34. The van der Waals surface area contributed by atoms with Crippen molar-refractivity contribution < 1.29 is 4.74 Å². The van der Waals surface area contributed by atoms with Crippen LogP contribution in [0.4, 0.5) is 0 Å². The molecule has 0 amide bonds. The Kier molecular flexibility index (Phi) is 4.23. The summed E-state index contributed by atoms with van der Waals surface area (Å²) in [4.78, 5) is 3.98. The quantitative estimate of drug-likeness (QED) is 0.652. The number of ether oxygens (including phenoxy) is 1. The molecule has 0 atom stereocenters. The average Bonchev–Trinajstić information content (AvgIpc) is 2.29. The first kappa shape index (κ1) is 13.8. The Labute approximate surface area is 124 Å². The Morgan fingerprint density at radius 2 is 1.72 bits per heavy atom. The predicted octanol–water partition coefficient (Wildman–Crippen LogP) is 5.80. The second kappa shape index (κ2) is 5.54. The fraction of sp³-hybridized carbons (Fsp3) is 0.0833. The van der Waals surface area contributed by atoms with E-state index in [4.69, 9.17) is 51.1 Å². The van der Waals surface area contributed by atoms with E-state index in [1.165, 1.54) is 6.07 Å². The van der Waals surface area contributed by atoms with Gasteiger partial charge in [-0.25, -0.2) is 0 Å². The molecule has 0 bridgehead atoms. The molecule has 6 heteroatoms. The van der Waals surface area contributed by atoms with Crippen LogP contribution in [0.25, 0.3) is 0 Å². The van der Waals surface area contributed by atoms with Crippen molar-refractivity contribution in [2.24, 2.45) is 0 Å². The minimum Gasteiger partial charge on any atom is -0.437 e. The molecule has 2 nitrogen and oxygen atoms in total. The van der Waals surface area contributed by atoms with Crippen molar-refractivity contribution >= 4 is 46.4 Å². The molecule has 0 aliphatic rings. The summed E-state index contributed by atoms with van der Waals surface area (Å²) < 4.78 is 5.59. The molecule has 1 aromatic heterocycles. The van der Waals surface area contributed by atoms with Gasteiger partial charge in [0.15, 0.2) is 5.15 Å². The second-order valence-electron chi connectivity index (χ2n) is 3.56. The van der Waals surface area contributed by atoms with Crippen LogP contribution < -0.4 is 4.74 Å². The molecule has 0 unspecified atom stereocenters. The SMILES string of the molecule is Cc1cc(Cl)ccc1Oc1nc(Cl)c(Cl)cc1Cl. The molecule has 0 saturated heterocycles. The largest absolute Gasteiger partial charge is 0.437 e. The average molecular weight is 323 g/mol. The van der Waals surface area contributed by atoms with Crippen molar-refractivity contribution in [3.63, 3.8) is 0 Å². The molecule has 1 aromatic carbocycles. The monoisotopic (exact) mass is 321 g/mol. The number of rotatable bonds is 2. The first-order chi connectivity index (χ1) is 8.47. The smallest absolute Gasteiger partial charge is 0.239 e. The fourth-order valence-corrected chi connectivity index (χ4v) is 2.09. The fourth-order valence-electron chi connectivity index (χ4n) is 1.33. The van der Waals surface area contributed by atoms with Crippen LogP contribution in [0.5, 0.6) is 11.6 Å². The molecule has 94 valence electrons. The van der Waals surface area contributed by atoms with Crippen LogP contribution in [0.3, 0.4) is 0 Å². The summed E-state index contributed by atoms with van der Waals surface area (Å²) in [6, 6.07) is 6.72. The van der Waals surface area contributed by atoms with Gasteiger partial charge in [0.1, 0.15) is 10.8 Å². The topological polar surface area (TPSA) is 22.1 Å². The van der Waals surface area contributed by atoms with E-state index in [9.17, 15) is 0 Å². The highest BCUT2D eigenvalue weighted by Gasteiger charge is 2.11. The first-order valence-electron chi connectivity index (χ1n) is 4.93.